The molecule has 33 heavy (non-hydrogen) atoms. The third kappa shape index (κ3) is 3.49. The zero-order valence-corrected chi connectivity index (χ0v) is 20.2. The van der Waals surface area contributed by atoms with E-state index in [0.29, 0.717) is 21.6 Å². The van der Waals surface area contributed by atoms with E-state index in [1.807, 2.05) is 29.5 Å². The molecule has 2 N–H and O–H groups in total. The standard InChI is InChI=1S/C23H24FIN4O4/c1-2-27-18-8-12-4-3-5-17(12)29(18)28-11-15(20(30)21(31)19(28)23(27)33)22(32)26-10-13-6-7-14(24)9-16(13)25/h6-7,9,11-12,17-18,31H,2-5,8,10H2,1H3,(H,26,32)/t12-,17-,18+/m1/s1. The molecule has 2 aromatic rings. The molecule has 1 aliphatic carbocycles. The number of aromatic nitrogens is 1. The lowest BCUT2D eigenvalue weighted by molar-refractivity contribution is 0.0594. The Hall–Kier alpha value is -2.63. The van der Waals surface area contributed by atoms with Gasteiger partial charge < -0.3 is 15.3 Å². The summed E-state index contributed by atoms with van der Waals surface area (Å²) >= 11 is 1.98. The Morgan fingerprint density at radius 2 is 2.09 bits per heavy atom. The number of halogens is 2. The van der Waals surface area contributed by atoms with Gasteiger partial charge in [-0.3, -0.25) is 24.1 Å². The first-order valence-corrected chi connectivity index (χ1v) is 12.2. The molecule has 3 aliphatic rings. The zero-order chi connectivity index (χ0) is 23.4. The van der Waals surface area contributed by atoms with Crippen molar-refractivity contribution in [3.05, 3.63) is 60.8 Å². The van der Waals surface area contributed by atoms with Crippen molar-refractivity contribution in [1.82, 2.24) is 14.9 Å². The molecule has 10 heteroatoms. The highest BCUT2D eigenvalue weighted by molar-refractivity contribution is 14.1. The number of nitrogens with zero attached hydrogens (tertiary/aromatic N) is 3. The molecular formula is C23H24FIN4O4. The minimum Gasteiger partial charge on any atom is -0.502 e. The van der Waals surface area contributed by atoms with Gasteiger partial charge in [-0.05, 0) is 72.4 Å². The average Bonchev–Trinajstić information content (AvgIpc) is 3.36. The van der Waals surface area contributed by atoms with Gasteiger partial charge in [0.05, 0.1) is 6.04 Å². The van der Waals surface area contributed by atoms with Crippen molar-refractivity contribution < 1.29 is 19.1 Å². The van der Waals surface area contributed by atoms with E-state index in [9.17, 15) is 23.9 Å². The fourth-order valence-corrected chi connectivity index (χ4v) is 6.18. The predicted octanol–water partition coefficient (Wildman–Crippen LogP) is 2.54. The first kappa shape index (κ1) is 22.2. The number of hydrogen-bond donors (Lipinski definition) is 2. The molecule has 0 bridgehead atoms. The molecule has 2 amide bonds. The molecule has 0 spiro atoms. The van der Waals surface area contributed by atoms with Gasteiger partial charge in [-0.15, -0.1) is 0 Å². The second kappa shape index (κ2) is 8.30. The maximum atomic E-state index is 13.4. The maximum Gasteiger partial charge on any atom is 0.278 e. The van der Waals surface area contributed by atoms with E-state index in [1.54, 1.807) is 15.6 Å². The van der Waals surface area contributed by atoms with Gasteiger partial charge in [-0.1, -0.05) is 12.5 Å². The quantitative estimate of drug-likeness (QED) is 0.556. The lowest BCUT2D eigenvalue weighted by Crippen LogP contribution is -2.60. The maximum absolute atomic E-state index is 13.4. The van der Waals surface area contributed by atoms with Gasteiger partial charge in [0.25, 0.3) is 11.8 Å². The van der Waals surface area contributed by atoms with E-state index >= 15 is 0 Å². The Bertz CT molecular complexity index is 1220. The van der Waals surface area contributed by atoms with Crippen molar-refractivity contribution in [2.45, 2.75) is 51.4 Å². The molecule has 1 saturated heterocycles. The average molecular weight is 566 g/mol. The van der Waals surface area contributed by atoms with E-state index in [-0.39, 0.29) is 35.8 Å². The monoisotopic (exact) mass is 566 g/mol. The molecule has 8 nitrogen and oxygen atoms in total. The van der Waals surface area contributed by atoms with Crippen LogP contribution in [0.3, 0.4) is 0 Å². The molecule has 1 aromatic heterocycles. The fraction of sp³-hybridized carbons (Fsp3) is 0.435. The molecule has 2 fully saturated rings. The normalized spacial score (nSPS) is 23.4. The second-order valence-electron chi connectivity index (χ2n) is 8.78. The van der Waals surface area contributed by atoms with E-state index in [1.165, 1.54) is 18.3 Å². The van der Waals surface area contributed by atoms with Crippen molar-refractivity contribution in [1.29, 1.82) is 0 Å². The largest absolute Gasteiger partial charge is 0.502 e. The van der Waals surface area contributed by atoms with Gasteiger partial charge >= 0.3 is 0 Å². The summed E-state index contributed by atoms with van der Waals surface area (Å²) in [5, 5.41) is 15.5. The summed E-state index contributed by atoms with van der Waals surface area (Å²) in [6.45, 7) is 2.44. The summed E-state index contributed by atoms with van der Waals surface area (Å²) in [5.41, 5.74) is -0.492. The number of nitrogens with one attached hydrogen (secondary N) is 1. The van der Waals surface area contributed by atoms with Crippen LogP contribution in [-0.2, 0) is 6.54 Å². The Kier molecular flexibility index (Phi) is 5.58. The Balaban J connectivity index is 1.52. The summed E-state index contributed by atoms with van der Waals surface area (Å²) in [6.07, 6.45) is 5.19. The minimum absolute atomic E-state index is 0.0877. The van der Waals surface area contributed by atoms with Crippen LogP contribution in [0.2, 0.25) is 0 Å². The van der Waals surface area contributed by atoms with Gasteiger partial charge in [0.2, 0.25) is 5.43 Å². The molecule has 5 rings (SSSR count). The summed E-state index contributed by atoms with van der Waals surface area (Å²) in [4.78, 5) is 40.7. The molecule has 1 aromatic carbocycles. The van der Waals surface area contributed by atoms with Crippen LogP contribution in [0.5, 0.6) is 5.75 Å². The van der Waals surface area contributed by atoms with Crippen LogP contribution in [0.25, 0.3) is 0 Å². The zero-order valence-electron chi connectivity index (χ0n) is 18.1. The van der Waals surface area contributed by atoms with Crippen molar-refractivity contribution in [3.63, 3.8) is 0 Å². The molecule has 3 heterocycles. The van der Waals surface area contributed by atoms with Crippen molar-refractivity contribution in [2.75, 3.05) is 11.6 Å². The first-order valence-electron chi connectivity index (χ1n) is 11.1. The van der Waals surface area contributed by atoms with Gasteiger partial charge in [0.1, 0.15) is 17.5 Å². The number of pyridine rings is 1. The van der Waals surface area contributed by atoms with E-state index in [4.69, 9.17) is 0 Å². The summed E-state index contributed by atoms with van der Waals surface area (Å²) in [5.74, 6) is -1.70. The fourth-order valence-electron chi connectivity index (χ4n) is 5.51. The Labute approximate surface area is 203 Å². The first-order chi connectivity index (χ1) is 15.8. The third-order valence-corrected chi connectivity index (χ3v) is 8.06. The predicted molar refractivity (Wildman–Crippen MR) is 127 cm³/mol. The summed E-state index contributed by atoms with van der Waals surface area (Å²) < 4.78 is 15.5. The molecule has 1 saturated carbocycles. The number of amides is 2. The molecule has 0 unspecified atom stereocenters. The third-order valence-electron chi connectivity index (χ3n) is 7.05. The topological polar surface area (TPSA) is 94.9 Å². The molecule has 0 radical (unpaired) electrons. The number of rotatable bonds is 4. The Morgan fingerprint density at radius 1 is 1.30 bits per heavy atom. The van der Waals surface area contributed by atoms with Crippen LogP contribution in [0, 0.1) is 15.3 Å². The van der Waals surface area contributed by atoms with Gasteiger partial charge in [-0.2, -0.15) is 0 Å². The van der Waals surface area contributed by atoms with E-state index < -0.39 is 23.0 Å². The number of fused-ring (bicyclic) bond motifs is 5. The van der Waals surface area contributed by atoms with Crippen LogP contribution in [0.15, 0.2) is 29.2 Å². The van der Waals surface area contributed by atoms with Crippen LogP contribution in [0.1, 0.15) is 59.0 Å². The molecule has 2 aliphatic heterocycles. The number of benzene rings is 1. The number of hydrogen-bond acceptors (Lipinski definition) is 5. The second-order valence-corrected chi connectivity index (χ2v) is 9.94. The highest BCUT2D eigenvalue weighted by atomic mass is 127. The van der Waals surface area contributed by atoms with Crippen LogP contribution in [-0.4, -0.2) is 45.2 Å². The number of carbonyl (C=O) groups is 2. The van der Waals surface area contributed by atoms with Crippen LogP contribution >= 0.6 is 22.6 Å². The van der Waals surface area contributed by atoms with E-state index in [0.717, 1.165) is 25.7 Å². The Morgan fingerprint density at radius 3 is 2.82 bits per heavy atom. The highest BCUT2D eigenvalue weighted by Crippen LogP contribution is 2.43. The van der Waals surface area contributed by atoms with Gasteiger partial charge in [0, 0.05) is 22.9 Å². The molecular weight excluding hydrogens is 542 g/mol. The summed E-state index contributed by atoms with van der Waals surface area (Å²) in [7, 11) is 0. The minimum atomic E-state index is -0.877. The number of carbonyl (C=O) groups excluding carboxylic acids is 2. The lowest BCUT2D eigenvalue weighted by Gasteiger charge is -2.45. The van der Waals surface area contributed by atoms with Crippen LogP contribution < -0.4 is 15.8 Å². The van der Waals surface area contributed by atoms with Crippen LogP contribution in [0.4, 0.5) is 4.39 Å². The van der Waals surface area contributed by atoms with E-state index in [2.05, 4.69) is 10.3 Å². The summed E-state index contributed by atoms with van der Waals surface area (Å²) in [6, 6.07) is 4.43. The smallest absolute Gasteiger partial charge is 0.278 e. The van der Waals surface area contributed by atoms with Crippen molar-refractivity contribution in [2.24, 2.45) is 5.92 Å². The molecule has 174 valence electrons. The van der Waals surface area contributed by atoms with Crippen molar-refractivity contribution >= 4 is 34.4 Å². The van der Waals surface area contributed by atoms with Crippen molar-refractivity contribution in [3.8, 4) is 5.75 Å². The van der Waals surface area contributed by atoms with Gasteiger partial charge in [0.15, 0.2) is 11.4 Å². The highest BCUT2D eigenvalue weighted by Gasteiger charge is 2.51. The lowest BCUT2D eigenvalue weighted by atomic mass is 10.0. The molecule has 3 atom stereocenters. The number of aromatic hydroxyl groups is 1. The van der Waals surface area contributed by atoms with Gasteiger partial charge in [-0.25, -0.2) is 4.39 Å². The SMILES string of the molecule is CCN1C(=O)c2c(O)c(=O)c(C(=O)NCc3ccc(F)cc3I)cn2N2[C@@H]3CCC[C@@H]3C[C@@H]12.